The first-order valence-corrected chi connectivity index (χ1v) is 13.5. The Balaban J connectivity index is 1.56. The van der Waals surface area contributed by atoms with Crippen LogP contribution in [0.4, 0.5) is 0 Å². The molecular weight excluding hydrogens is 494 g/mol. The van der Waals surface area contributed by atoms with Crippen LogP contribution in [0.1, 0.15) is 50.5 Å². The molecule has 2 unspecified atom stereocenters. The van der Waals surface area contributed by atoms with Crippen molar-refractivity contribution in [1.82, 2.24) is 5.48 Å². The topological polar surface area (TPSA) is 81.7 Å². The Kier molecular flexibility index (Phi) is 7.34. The lowest BCUT2D eigenvalue weighted by Gasteiger charge is -2.37. The fourth-order valence-electron chi connectivity index (χ4n) is 4.52. The minimum absolute atomic E-state index is 0.0847. The van der Waals surface area contributed by atoms with Crippen molar-refractivity contribution in [2.75, 3.05) is 12.4 Å². The molecule has 2 fully saturated rings. The monoisotopic (exact) mass is 521 g/mol. The summed E-state index contributed by atoms with van der Waals surface area (Å²) in [5, 5.41) is 0. The Labute approximate surface area is 197 Å². The highest BCUT2D eigenvalue weighted by Gasteiger charge is 2.48. The lowest BCUT2D eigenvalue weighted by atomic mass is 9.87. The zero-order chi connectivity index (χ0) is 22.6. The SMILES string of the molecule is O=C(CC1(c2ccc(-c3ccc(Br)cc3)cc2)CCCCS1(=O)=O)NOC1CCCCO1. The molecule has 2 aliphatic rings. The maximum Gasteiger partial charge on any atom is 0.245 e. The molecule has 172 valence electrons. The van der Waals surface area contributed by atoms with E-state index < -0.39 is 26.8 Å². The third-order valence-electron chi connectivity index (χ3n) is 6.32. The van der Waals surface area contributed by atoms with Crippen molar-refractivity contribution in [3.05, 3.63) is 58.6 Å². The second-order valence-corrected chi connectivity index (χ2v) is 11.8. The number of nitrogens with one attached hydrogen (secondary N) is 1. The molecule has 1 amide bonds. The van der Waals surface area contributed by atoms with E-state index in [9.17, 15) is 13.2 Å². The van der Waals surface area contributed by atoms with Gasteiger partial charge in [-0.3, -0.25) is 4.79 Å². The Morgan fingerprint density at radius 2 is 1.72 bits per heavy atom. The highest BCUT2D eigenvalue weighted by atomic mass is 79.9. The predicted molar refractivity (Wildman–Crippen MR) is 126 cm³/mol. The summed E-state index contributed by atoms with van der Waals surface area (Å²) in [5.41, 5.74) is 5.13. The van der Waals surface area contributed by atoms with Gasteiger partial charge in [-0.15, -0.1) is 0 Å². The first kappa shape index (κ1) is 23.4. The normalized spacial score (nSPS) is 25.2. The second kappa shape index (κ2) is 10.0. The summed E-state index contributed by atoms with van der Waals surface area (Å²) in [6, 6.07) is 15.5. The average Bonchev–Trinajstić information content (AvgIpc) is 2.80. The largest absolute Gasteiger partial charge is 0.350 e. The molecule has 4 rings (SSSR count). The van der Waals surface area contributed by atoms with Crippen LogP contribution in [-0.2, 0) is 29.0 Å². The van der Waals surface area contributed by atoms with Crippen LogP contribution in [0.15, 0.2) is 53.0 Å². The van der Waals surface area contributed by atoms with Crippen LogP contribution in [0.3, 0.4) is 0 Å². The van der Waals surface area contributed by atoms with E-state index in [-0.39, 0.29) is 12.2 Å². The molecule has 8 heteroatoms. The van der Waals surface area contributed by atoms with Gasteiger partial charge < -0.3 is 4.74 Å². The maximum atomic E-state index is 13.3. The van der Waals surface area contributed by atoms with Crippen molar-refractivity contribution in [2.24, 2.45) is 0 Å². The second-order valence-electron chi connectivity index (χ2n) is 8.47. The summed E-state index contributed by atoms with van der Waals surface area (Å²) >= 11 is 3.44. The van der Waals surface area contributed by atoms with Crippen molar-refractivity contribution in [3.8, 4) is 11.1 Å². The van der Waals surface area contributed by atoms with Gasteiger partial charge in [-0.2, -0.15) is 0 Å². The summed E-state index contributed by atoms with van der Waals surface area (Å²) in [7, 11) is -3.51. The van der Waals surface area contributed by atoms with E-state index in [4.69, 9.17) is 9.57 Å². The van der Waals surface area contributed by atoms with Gasteiger partial charge in [-0.25, -0.2) is 18.7 Å². The quantitative estimate of drug-likeness (QED) is 0.548. The number of halogens is 1. The van der Waals surface area contributed by atoms with E-state index in [0.717, 1.165) is 34.9 Å². The Bertz CT molecular complexity index is 1030. The summed E-state index contributed by atoms with van der Waals surface area (Å²) < 4.78 is 31.8. The summed E-state index contributed by atoms with van der Waals surface area (Å²) in [6.07, 6.45) is 3.82. The van der Waals surface area contributed by atoms with Gasteiger partial charge in [0.1, 0.15) is 4.75 Å². The van der Waals surface area contributed by atoms with Crippen LogP contribution >= 0.6 is 15.9 Å². The van der Waals surface area contributed by atoms with Gasteiger partial charge in [0.2, 0.25) is 5.91 Å². The van der Waals surface area contributed by atoms with E-state index in [2.05, 4.69) is 21.4 Å². The van der Waals surface area contributed by atoms with Crippen LogP contribution in [0, 0.1) is 0 Å². The van der Waals surface area contributed by atoms with Crippen LogP contribution < -0.4 is 5.48 Å². The molecule has 2 heterocycles. The molecule has 0 bridgehead atoms. The standard InChI is InChI=1S/C24H28BrNO5S/c25-21-12-8-19(9-13-21)18-6-10-20(11-7-18)24(14-2-4-16-32(24,28)29)17-22(27)26-31-23-5-1-3-15-30-23/h6-13,23H,1-5,14-17H2,(H,26,27). The van der Waals surface area contributed by atoms with Crippen molar-refractivity contribution < 1.29 is 22.8 Å². The number of amides is 1. The molecule has 32 heavy (non-hydrogen) atoms. The molecule has 2 aromatic rings. The fraction of sp³-hybridized carbons (Fsp3) is 0.458. The average molecular weight is 522 g/mol. The number of carbonyl (C=O) groups is 1. The van der Waals surface area contributed by atoms with Gasteiger partial charge in [0, 0.05) is 17.5 Å². The van der Waals surface area contributed by atoms with Crippen LogP contribution in [0.2, 0.25) is 0 Å². The lowest BCUT2D eigenvalue weighted by molar-refractivity contribution is -0.200. The summed E-state index contributed by atoms with van der Waals surface area (Å²) in [4.78, 5) is 18.2. The molecular formula is C24H28BrNO5S. The van der Waals surface area contributed by atoms with E-state index in [1.807, 2.05) is 48.5 Å². The highest BCUT2D eigenvalue weighted by Crippen LogP contribution is 2.43. The molecule has 1 N–H and O–H groups in total. The molecule has 2 atom stereocenters. The number of ether oxygens (including phenoxy) is 1. The van der Waals surface area contributed by atoms with E-state index >= 15 is 0 Å². The number of hydrogen-bond acceptors (Lipinski definition) is 5. The number of carbonyl (C=O) groups excluding carboxylic acids is 1. The van der Waals surface area contributed by atoms with Crippen molar-refractivity contribution in [2.45, 2.75) is 56.0 Å². The smallest absolute Gasteiger partial charge is 0.245 e. The minimum atomic E-state index is -3.51. The number of sulfone groups is 1. The Morgan fingerprint density at radius 3 is 2.34 bits per heavy atom. The van der Waals surface area contributed by atoms with Crippen LogP contribution in [0.25, 0.3) is 11.1 Å². The summed E-state index contributed by atoms with van der Waals surface area (Å²) in [5.74, 6) is -0.358. The van der Waals surface area contributed by atoms with Gasteiger partial charge in [-0.05, 0) is 54.5 Å². The molecule has 0 aromatic heterocycles. The van der Waals surface area contributed by atoms with Crippen molar-refractivity contribution in [3.63, 3.8) is 0 Å². The molecule has 0 radical (unpaired) electrons. The molecule has 6 nitrogen and oxygen atoms in total. The molecule has 0 saturated carbocycles. The summed E-state index contributed by atoms with van der Waals surface area (Å²) in [6.45, 7) is 0.601. The molecule has 2 aliphatic heterocycles. The van der Waals surface area contributed by atoms with Crippen LogP contribution in [0.5, 0.6) is 0 Å². The van der Waals surface area contributed by atoms with E-state index in [1.165, 1.54) is 0 Å². The molecule has 0 spiro atoms. The predicted octanol–water partition coefficient (Wildman–Crippen LogP) is 4.87. The first-order valence-electron chi connectivity index (χ1n) is 11.0. The molecule has 2 aromatic carbocycles. The van der Waals surface area contributed by atoms with Gasteiger partial charge in [0.25, 0.3) is 0 Å². The molecule has 0 aliphatic carbocycles. The van der Waals surface area contributed by atoms with Gasteiger partial charge in [0.15, 0.2) is 16.1 Å². The van der Waals surface area contributed by atoms with E-state index in [1.54, 1.807) is 0 Å². The number of rotatable bonds is 6. The lowest BCUT2D eigenvalue weighted by Crippen LogP contribution is -2.45. The van der Waals surface area contributed by atoms with Crippen molar-refractivity contribution in [1.29, 1.82) is 0 Å². The van der Waals surface area contributed by atoms with Gasteiger partial charge >= 0.3 is 0 Å². The van der Waals surface area contributed by atoms with Crippen molar-refractivity contribution >= 4 is 31.7 Å². The Morgan fingerprint density at radius 1 is 1.03 bits per heavy atom. The first-order chi connectivity index (χ1) is 15.4. The fourth-order valence-corrected chi connectivity index (χ4v) is 7.06. The van der Waals surface area contributed by atoms with Gasteiger partial charge in [-0.1, -0.05) is 58.7 Å². The van der Waals surface area contributed by atoms with Crippen LogP contribution in [-0.4, -0.2) is 33.0 Å². The number of benzene rings is 2. The number of hydroxylamine groups is 1. The maximum absolute atomic E-state index is 13.3. The third-order valence-corrected chi connectivity index (χ3v) is 9.45. The Hall–Kier alpha value is -1.74. The number of hydrogen-bond donors (Lipinski definition) is 1. The van der Waals surface area contributed by atoms with Gasteiger partial charge in [0.05, 0.1) is 12.2 Å². The zero-order valence-corrected chi connectivity index (χ0v) is 20.3. The molecule has 2 saturated heterocycles. The third kappa shape index (κ3) is 5.09. The minimum Gasteiger partial charge on any atom is -0.350 e. The highest BCUT2D eigenvalue weighted by molar-refractivity contribution is 9.10. The van der Waals surface area contributed by atoms with E-state index in [0.29, 0.717) is 31.4 Å². The zero-order valence-electron chi connectivity index (χ0n) is 17.9.